The van der Waals surface area contributed by atoms with Crippen molar-refractivity contribution in [3.8, 4) is 0 Å². The smallest absolute Gasteiger partial charge is 0.136 e. The van der Waals surface area contributed by atoms with Crippen LogP contribution in [0.4, 0.5) is 4.39 Å². The fourth-order valence-corrected chi connectivity index (χ4v) is 2.63. The van der Waals surface area contributed by atoms with Gasteiger partial charge in [-0.15, -0.1) is 11.8 Å². The second-order valence-corrected chi connectivity index (χ2v) is 5.25. The Morgan fingerprint density at radius 3 is 2.39 bits per heavy atom. The normalized spacial score (nSPS) is 12.3. The van der Waals surface area contributed by atoms with E-state index in [1.54, 1.807) is 12.1 Å². The molecule has 3 heteroatoms. The molecule has 0 saturated carbocycles. The summed E-state index contributed by atoms with van der Waals surface area (Å²) in [4.78, 5) is 0.668. The molecule has 0 fully saturated rings. The maximum Gasteiger partial charge on any atom is 0.136 e. The van der Waals surface area contributed by atoms with E-state index < -0.39 is 0 Å². The molecule has 0 aliphatic rings. The summed E-state index contributed by atoms with van der Waals surface area (Å²) in [5.74, 6) is 0.546. The van der Waals surface area contributed by atoms with Crippen LogP contribution >= 0.6 is 11.8 Å². The van der Waals surface area contributed by atoms with Crippen LogP contribution in [0.25, 0.3) is 0 Å². The monoisotopic (exact) mass is 261 g/mol. The van der Waals surface area contributed by atoms with Crippen molar-refractivity contribution >= 4 is 11.8 Å². The molecular formula is C15H16FNS. The maximum absolute atomic E-state index is 13.4. The molecule has 0 radical (unpaired) electrons. The summed E-state index contributed by atoms with van der Waals surface area (Å²) in [6, 6.07) is 17.0. The van der Waals surface area contributed by atoms with Gasteiger partial charge in [-0.05, 0) is 24.1 Å². The van der Waals surface area contributed by atoms with Crippen LogP contribution in [-0.4, -0.2) is 11.8 Å². The molecule has 0 aliphatic carbocycles. The zero-order chi connectivity index (χ0) is 12.8. The lowest BCUT2D eigenvalue weighted by molar-refractivity contribution is 0.601. The second-order valence-electron chi connectivity index (χ2n) is 4.19. The van der Waals surface area contributed by atoms with Gasteiger partial charge >= 0.3 is 0 Å². The second kappa shape index (κ2) is 6.57. The summed E-state index contributed by atoms with van der Waals surface area (Å²) in [6.07, 6.45) is 0.822. The molecule has 0 saturated heterocycles. The van der Waals surface area contributed by atoms with Crippen molar-refractivity contribution in [2.75, 3.05) is 5.75 Å². The van der Waals surface area contributed by atoms with Crippen molar-refractivity contribution in [3.05, 3.63) is 66.0 Å². The Balaban J connectivity index is 1.86. The van der Waals surface area contributed by atoms with Crippen LogP contribution < -0.4 is 5.73 Å². The van der Waals surface area contributed by atoms with Gasteiger partial charge in [0.1, 0.15) is 5.82 Å². The van der Waals surface area contributed by atoms with Crippen molar-refractivity contribution in [1.29, 1.82) is 0 Å². The molecular weight excluding hydrogens is 245 g/mol. The Kier molecular flexibility index (Phi) is 4.79. The number of nitrogens with two attached hydrogens (primary N) is 1. The Labute approximate surface area is 111 Å². The topological polar surface area (TPSA) is 26.0 Å². The minimum atomic E-state index is -0.172. The van der Waals surface area contributed by atoms with E-state index in [4.69, 9.17) is 5.73 Å². The third-order valence-corrected chi connectivity index (χ3v) is 3.87. The van der Waals surface area contributed by atoms with E-state index in [1.807, 2.05) is 24.3 Å². The van der Waals surface area contributed by atoms with E-state index in [1.165, 1.54) is 23.4 Å². The first-order valence-corrected chi connectivity index (χ1v) is 6.91. The fourth-order valence-electron chi connectivity index (χ4n) is 1.73. The van der Waals surface area contributed by atoms with Crippen LogP contribution in [0.5, 0.6) is 0 Å². The summed E-state index contributed by atoms with van der Waals surface area (Å²) in [7, 11) is 0. The predicted octanol–water partition coefficient (Wildman–Crippen LogP) is 3.49. The highest BCUT2D eigenvalue weighted by atomic mass is 32.2. The molecule has 0 heterocycles. The third kappa shape index (κ3) is 3.86. The van der Waals surface area contributed by atoms with Crippen LogP contribution in [-0.2, 0) is 6.42 Å². The number of hydrogen-bond donors (Lipinski definition) is 1. The molecule has 0 amide bonds. The Bertz CT molecular complexity index is 487. The van der Waals surface area contributed by atoms with Gasteiger partial charge in [0.2, 0.25) is 0 Å². The van der Waals surface area contributed by atoms with E-state index in [9.17, 15) is 4.39 Å². The van der Waals surface area contributed by atoms with Crippen LogP contribution in [0.1, 0.15) is 5.56 Å². The van der Waals surface area contributed by atoms with E-state index in [-0.39, 0.29) is 11.9 Å². The molecule has 1 unspecified atom stereocenters. The number of halogens is 1. The highest BCUT2D eigenvalue weighted by Gasteiger charge is 2.07. The van der Waals surface area contributed by atoms with E-state index >= 15 is 0 Å². The average molecular weight is 261 g/mol. The highest BCUT2D eigenvalue weighted by molar-refractivity contribution is 7.99. The maximum atomic E-state index is 13.4. The van der Waals surface area contributed by atoms with Gasteiger partial charge in [-0.3, -0.25) is 0 Å². The van der Waals surface area contributed by atoms with Crippen LogP contribution in [0.15, 0.2) is 59.5 Å². The van der Waals surface area contributed by atoms with Crippen molar-refractivity contribution < 1.29 is 4.39 Å². The first kappa shape index (κ1) is 13.1. The minimum Gasteiger partial charge on any atom is -0.327 e. The van der Waals surface area contributed by atoms with Gasteiger partial charge in [0.15, 0.2) is 0 Å². The molecule has 0 spiro atoms. The first-order valence-electron chi connectivity index (χ1n) is 5.92. The highest BCUT2D eigenvalue weighted by Crippen LogP contribution is 2.22. The van der Waals surface area contributed by atoms with Crippen LogP contribution in [0.2, 0.25) is 0 Å². The molecule has 0 aliphatic heterocycles. The van der Waals surface area contributed by atoms with Crippen LogP contribution in [0, 0.1) is 5.82 Å². The third-order valence-electron chi connectivity index (χ3n) is 2.63. The van der Waals surface area contributed by atoms with Crippen molar-refractivity contribution in [1.82, 2.24) is 0 Å². The fraction of sp³-hybridized carbons (Fsp3) is 0.200. The van der Waals surface area contributed by atoms with E-state index in [0.29, 0.717) is 4.90 Å². The van der Waals surface area contributed by atoms with Gasteiger partial charge in [0.05, 0.1) is 0 Å². The summed E-state index contributed by atoms with van der Waals surface area (Å²) in [5, 5.41) is 0. The van der Waals surface area contributed by atoms with Crippen LogP contribution in [0.3, 0.4) is 0 Å². The molecule has 2 aromatic rings. The molecule has 18 heavy (non-hydrogen) atoms. The number of thioether (sulfide) groups is 1. The Morgan fingerprint density at radius 2 is 1.67 bits per heavy atom. The molecule has 2 rings (SSSR count). The molecule has 2 N–H and O–H groups in total. The zero-order valence-electron chi connectivity index (χ0n) is 10.1. The molecule has 0 bridgehead atoms. The molecule has 0 aromatic heterocycles. The number of hydrogen-bond acceptors (Lipinski definition) is 2. The van der Waals surface area contributed by atoms with Crippen molar-refractivity contribution in [2.24, 2.45) is 5.73 Å². The number of benzene rings is 2. The van der Waals surface area contributed by atoms with Crippen molar-refractivity contribution in [3.63, 3.8) is 0 Å². The summed E-state index contributed by atoms with van der Waals surface area (Å²) in [5.41, 5.74) is 7.28. The van der Waals surface area contributed by atoms with Gasteiger partial charge in [-0.2, -0.15) is 0 Å². The molecule has 1 nitrogen and oxygen atoms in total. The summed E-state index contributed by atoms with van der Waals surface area (Å²) in [6.45, 7) is 0. The van der Waals surface area contributed by atoms with Gasteiger partial charge < -0.3 is 5.73 Å². The quantitative estimate of drug-likeness (QED) is 0.834. The SMILES string of the molecule is NC(CSc1ccccc1F)Cc1ccccc1. The molecule has 2 aromatic carbocycles. The van der Waals surface area contributed by atoms with Gasteiger partial charge in [0.25, 0.3) is 0 Å². The van der Waals surface area contributed by atoms with Gasteiger partial charge in [-0.1, -0.05) is 42.5 Å². The van der Waals surface area contributed by atoms with Gasteiger partial charge in [-0.25, -0.2) is 4.39 Å². The Hall–Kier alpha value is -1.32. The summed E-state index contributed by atoms with van der Waals surface area (Å²) >= 11 is 1.47. The lowest BCUT2D eigenvalue weighted by atomic mass is 10.1. The van der Waals surface area contributed by atoms with Gasteiger partial charge in [0, 0.05) is 16.7 Å². The van der Waals surface area contributed by atoms with E-state index in [2.05, 4.69) is 12.1 Å². The molecule has 1 atom stereocenters. The summed E-state index contributed by atoms with van der Waals surface area (Å²) < 4.78 is 13.4. The lowest BCUT2D eigenvalue weighted by Crippen LogP contribution is -2.25. The predicted molar refractivity (Wildman–Crippen MR) is 75.2 cm³/mol. The average Bonchev–Trinajstić information content (AvgIpc) is 2.39. The molecule has 94 valence electrons. The van der Waals surface area contributed by atoms with Crippen molar-refractivity contribution in [2.45, 2.75) is 17.4 Å². The zero-order valence-corrected chi connectivity index (χ0v) is 10.9. The Morgan fingerprint density at radius 1 is 1.00 bits per heavy atom. The largest absolute Gasteiger partial charge is 0.327 e. The standard InChI is InChI=1S/C15H16FNS/c16-14-8-4-5-9-15(14)18-11-13(17)10-12-6-2-1-3-7-12/h1-9,13H,10-11,17H2. The lowest BCUT2D eigenvalue weighted by Gasteiger charge is -2.11. The van der Waals surface area contributed by atoms with E-state index in [0.717, 1.165) is 12.2 Å². The number of rotatable bonds is 5. The first-order chi connectivity index (χ1) is 8.75. The minimum absolute atomic E-state index is 0.0389.